The van der Waals surface area contributed by atoms with E-state index in [1.807, 2.05) is 0 Å². The van der Waals surface area contributed by atoms with E-state index in [0.29, 0.717) is 5.56 Å². The first kappa shape index (κ1) is 15.6. The third kappa shape index (κ3) is 5.80. The predicted molar refractivity (Wildman–Crippen MR) is 68.2 cm³/mol. The van der Waals surface area contributed by atoms with Gasteiger partial charge in [-0.15, -0.1) is 0 Å². The summed E-state index contributed by atoms with van der Waals surface area (Å²) in [4.78, 5) is 11.9. The Balaban J connectivity index is 3.03. The molecule has 0 saturated heterocycles. The molecular weight excluding hydrogens is 273 g/mol. The summed E-state index contributed by atoms with van der Waals surface area (Å²) in [6.45, 7) is 4.91. The molecule has 1 aromatic rings. The summed E-state index contributed by atoms with van der Waals surface area (Å²) in [5.41, 5.74) is -0.496. The van der Waals surface area contributed by atoms with Crippen LogP contribution in [0.5, 0.6) is 0 Å². The largest absolute Gasteiger partial charge is 0.459 e. The van der Waals surface area contributed by atoms with Gasteiger partial charge in [0.15, 0.2) is 0 Å². The van der Waals surface area contributed by atoms with Crippen LogP contribution in [0.15, 0.2) is 30.3 Å². The molecule has 0 aromatic heterocycles. The van der Waals surface area contributed by atoms with Crippen LogP contribution in [0.4, 0.5) is 3.89 Å². The molecule has 7 heteroatoms. The van der Waals surface area contributed by atoms with Crippen molar-refractivity contribution in [1.82, 2.24) is 4.72 Å². The Labute approximate surface area is 112 Å². The zero-order valence-electron chi connectivity index (χ0n) is 10.9. The highest BCUT2D eigenvalue weighted by Gasteiger charge is 2.30. The first-order valence-corrected chi connectivity index (χ1v) is 6.96. The van der Waals surface area contributed by atoms with Crippen molar-refractivity contribution < 1.29 is 21.8 Å². The molecule has 0 radical (unpaired) electrons. The van der Waals surface area contributed by atoms with Crippen LogP contribution < -0.4 is 4.72 Å². The molecule has 0 heterocycles. The zero-order chi connectivity index (χ0) is 14.7. The second kappa shape index (κ2) is 5.66. The Bertz CT molecular complexity index is 537. The summed E-state index contributed by atoms with van der Waals surface area (Å²) in [5.74, 6) is -0.861. The summed E-state index contributed by atoms with van der Waals surface area (Å²) in [6.07, 6.45) is 0. The lowest BCUT2D eigenvalue weighted by Gasteiger charge is -2.23. The Morgan fingerprint density at radius 1 is 1.26 bits per heavy atom. The highest BCUT2D eigenvalue weighted by Crippen LogP contribution is 2.19. The molecule has 5 nitrogen and oxygen atoms in total. The minimum Gasteiger partial charge on any atom is -0.459 e. The molecule has 0 spiro atoms. The van der Waals surface area contributed by atoms with Gasteiger partial charge < -0.3 is 4.74 Å². The number of carbonyl (C=O) groups excluding carboxylic acids is 1. The van der Waals surface area contributed by atoms with Gasteiger partial charge in [0.25, 0.3) is 0 Å². The second-order valence-electron chi connectivity index (χ2n) is 4.93. The molecular formula is C12H16FNO4S. The van der Waals surface area contributed by atoms with Crippen molar-refractivity contribution in [2.75, 3.05) is 0 Å². The van der Waals surface area contributed by atoms with E-state index in [1.165, 1.54) is 12.1 Å². The summed E-state index contributed by atoms with van der Waals surface area (Å²) >= 11 is 0. The standard InChI is InChI=1S/C12H16FNO4S/c1-12(2,3)18-11(15)10(14-19(13,16)17)9-7-5-4-6-8-9/h4-8,10,14H,1-3H3. The average Bonchev–Trinajstić information content (AvgIpc) is 2.23. The van der Waals surface area contributed by atoms with Crippen molar-refractivity contribution >= 4 is 16.4 Å². The van der Waals surface area contributed by atoms with Crippen LogP contribution in [0.2, 0.25) is 0 Å². The van der Waals surface area contributed by atoms with E-state index in [2.05, 4.69) is 0 Å². The number of hydrogen-bond donors (Lipinski definition) is 1. The summed E-state index contributed by atoms with van der Waals surface area (Å²) in [5, 5.41) is 0. The monoisotopic (exact) mass is 289 g/mol. The number of nitrogens with one attached hydrogen (secondary N) is 1. The van der Waals surface area contributed by atoms with Gasteiger partial charge in [-0.25, -0.2) is 4.79 Å². The van der Waals surface area contributed by atoms with E-state index in [0.717, 1.165) is 0 Å². The second-order valence-corrected chi connectivity index (χ2v) is 6.04. The predicted octanol–water partition coefficient (Wildman–Crippen LogP) is 1.87. The number of benzene rings is 1. The van der Waals surface area contributed by atoms with Gasteiger partial charge in [0.1, 0.15) is 11.6 Å². The van der Waals surface area contributed by atoms with Crippen molar-refractivity contribution in [2.24, 2.45) is 0 Å². The van der Waals surface area contributed by atoms with Gasteiger partial charge in [0.2, 0.25) is 0 Å². The van der Waals surface area contributed by atoms with Crippen LogP contribution in [-0.2, 0) is 19.9 Å². The average molecular weight is 289 g/mol. The Hall–Kier alpha value is -1.47. The maximum absolute atomic E-state index is 12.8. The number of halogens is 1. The quantitative estimate of drug-likeness (QED) is 0.678. The highest BCUT2D eigenvalue weighted by molar-refractivity contribution is 7.84. The van der Waals surface area contributed by atoms with Crippen LogP contribution in [0.1, 0.15) is 32.4 Å². The lowest BCUT2D eigenvalue weighted by atomic mass is 10.1. The fraction of sp³-hybridized carbons (Fsp3) is 0.417. The van der Waals surface area contributed by atoms with Gasteiger partial charge in [-0.3, -0.25) is 0 Å². The highest BCUT2D eigenvalue weighted by atomic mass is 32.3. The summed E-state index contributed by atoms with van der Waals surface area (Å²) in [6, 6.07) is 6.52. The Morgan fingerprint density at radius 3 is 2.21 bits per heavy atom. The van der Waals surface area contributed by atoms with E-state index in [9.17, 15) is 17.1 Å². The van der Waals surface area contributed by atoms with Crippen LogP contribution in [0, 0.1) is 0 Å². The smallest absolute Gasteiger partial charge is 0.373 e. The summed E-state index contributed by atoms with van der Waals surface area (Å²) < 4.78 is 40.9. The molecule has 1 unspecified atom stereocenters. The van der Waals surface area contributed by atoms with E-state index >= 15 is 0 Å². The molecule has 0 aliphatic rings. The first-order valence-electron chi connectivity index (χ1n) is 5.58. The fourth-order valence-electron chi connectivity index (χ4n) is 1.40. The van der Waals surface area contributed by atoms with Crippen LogP contribution >= 0.6 is 0 Å². The normalized spacial score (nSPS) is 13.9. The molecule has 0 aliphatic carbocycles. The van der Waals surface area contributed by atoms with Gasteiger partial charge >= 0.3 is 16.4 Å². The van der Waals surface area contributed by atoms with Crippen molar-refractivity contribution in [3.63, 3.8) is 0 Å². The van der Waals surface area contributed by atoms with E-state index in [4.69, 9.17) is 4.74 Å². The first-order chi connectivity index (χ1) is 8.58. The Morgan fingerprint density at radius 2 is 1.79 bits per heavy atom. The molecule has 0 amide bonds. The van der Waals surface area contributed by atoms with Crippen molar-refractivity contribution in [3.8, 4) is 0 Å². The topological polar surface area (TPSA) is 72.5 Å². The fourth-order valence-corrected chi connectivity index (χ4v) is 1.91. The summed E-state index contributed by atoms with van der Waals surface area (Å²) in [7, 11) is -5.02. The maximum Gasteiger partial charge on any atom is 0.373 e. The molecule has 0 saturated carbocycles. The van der Waals surface area contributed by atoms with E-state index in [-0.39, 0.29) is 0 Å². The SMILES string of the molecule is CC(C)(C)OC(=O)C(NS(=O)(=O)F)c1ccccc1. The van der Waals surface area contributed by atoms with Crippen LogP contribution in [-0.4, -0.2) is 20.0 Å². The molecule has 1 rings (SSSR count). The van der Waals surface area contributed by atoms with Crippen molar-refractivity contribution in [1.29, 1.82) is 0 Å². The molecule has 1 atom stereocenters. The lowest BCUT2D eigenvalue weighted by molar-refractivity contribution is -0.157. The number of esters is 1. The van der Waals surface area contributed by atoms with Crippen molar-refractivity contribution in [2.45, 2.75) is 32.4 Å². The Kier molecular flexibility index (Phi) is 4.65. The van der Waals surface area contributed by atoms with Crippen molar-refractivity contribution in [3.05, 3.63) is 35.9 Å². The zero-order valence-corrected chi connectivity index (χ0v) is 11.7. The van der Waals surface area contributed by atoms with Crippen LogP contribution in [0.3, 0.4) is 0 Å². The molecule has 1 aromatic carbocycles. The number of ether oxygens (including phenoxy) is 1. The van der Waals surface area contributed by atoms with Gasteiger partial charge in [-0.1, -0.05) is 34.2 Å². The van der Waals surface area contributed by atoms with Gasteiger partial charge in [0.05, 0.1) is 0 Å². The number of rotatable bonds is 4. The lowest BCUT2D eigenvalue weighted by Crippen LogP contribution is -2.36. The number of carbonyl (C=O) groups is 1. The van der Waals surface area contributed by atoms with Crippen LogP contribution in [0.25, 0.3) is 0 Å². The molecule has 0 fully saturated rings. The molecule has 19 heavy (non-hydrogen) atoms. The molecule has 0 bridgehead atoms. The minimum atomic E-state index is -5.02. The third-order valence-corrected chi connectivity index (χ3v) is 2.55. The maximum atomic E-state index is 12.8. The van der Waals surface area contributed by atoms with E-state index in [1.54, 1.807) is 43.7 Å². The molecule has 106 valence electrons. The molecule has 0 aliphatic heterocycles. The third-order valence-electron chi connectivity index (χ3n) is 2.03. The minimum absolute atomic E-state index is 0.304. The van der Waals surface area contributed by atoms with Gasteiger partial charge in [-0.2, -0.15) is 13.1 Å². The van der Waals surface area contributed by atoms with Gasteiger partial charge in [0, 0.05) is 0 Å². The van der Waals surface area contributed by atoms with E-state index < -0.39 is 28.0 Å². The van der Waals surface area contributed by atoms with Gasteiger partial charge in [-0.05, 0) is 26.3 Å². The number of hydrogen-bond acceptors (Lipinski definition) is 4. The molecule has 1 N–H and O–H groups in total.